The molecular weight excluding hydrogens is 473 g/mol. The molecule has 0 radical (unpaired) electrons. The van der Waals surface area contributed by atoms with Gasteiger partial charge in [0.1, 0.15) is 0 Å². The lowest BCUT2D eigenvalue weighted by molar-refractivity contribution is -0.118. The second-order valence-corrected chi connectivity index (χ2v) is 9.46. The third kappa shape index (κ3) is 6.10. The lowest BCUT2D eigenvalue weighted by atomic mass is 10.1. The van der Waals surface area contributed by atoms with Crippen LogP contribution in [0.25, 0.3) is 16.9 Å². The number of carbonyl (C=O) groups is 2. The number of rotatable bonds is 4. The first-order chi connectivity index (χ1) is 16.0. The lowest BCUT2D eigenvalue weighted by Crippen LogP contribution is -2.41. The summed E-state index contributed by atoms with van der Waals surface area (Å²) >= 11 is 12.7. The molecule has 7 nitrogen and oxygen atoms in total. The molecule has 0 saturated heterocycles. The van der Waals surface area contributed by atoms with Crippen molar-refractivity contribution in [1.29, 1.82) is 0 Å². The Morgan fingerprint density at radius 1 is 1.12 bits per heavy atom. The van der Waals surface area contributed by atoms with Crippen LogP contribution < -0.4 is 16.4 Å². The number of carbonyl (C=O) groups excluding carboxylic acids is 2. The first kappa shape index (κ1) is 25.2. The number of hydrogen-bond acceptors (Lipinski definition) is 4. The molecule has 0 aliphatic heterocycles. The Balaban J connectivity index is 2.09. The second kappa shape index (κ2) is 10.2. The summed E-state index contributed by atoms with van der Waals surface area (Å²) in [5, 5.41) is 11.0. The highest BCUT2D eigenvalue weighted by Crippen LogP contribution is 2.34. The van der Waals surface area contributed by atoms with Crippen LogP contribution >= 0.6 is 23.2 Å². The van der Waals surface area contributed by atoms with Crippen LogP contribution in [0.1, 0.15) is 43.7 Å². The molecule has 0 saturated carbocycles. The van der Waals surface area contributed by atoms with Gasteiger partial charge >= 0.3 is 0 Å². The van der Waals surface area contributed by atoms with Crippen molar-refractivity contribution in [1.82, 2.24) is 20.4 Å². The van der Waals surface area contributed by atoms with E-state index in [1.54, 1.807) is 47.1 Å². The van der Waals surface area contributed by atoms with E-state index in [1.807, 2.05) is 20.8 Å². The van der Waals surface area contributed by atoms with Crippen LogP contribution in [0.15, 0.2) is 42.5 Å². The molecule has 0 spiro atoms. The van der Waals surface area contributed by atoms with E-state index < -0.39 is 11.4 Å². The summed E-state index contributed by atoms with van der Waals surface area (Å²) in [6, 6.07) is 12.3. The van der Waals surface area contributed by atoms with E-state index in [2.05, 4.69) is 27.6 Å². The van der Waals surface area contributed by atoms with E-state index in [4.69, 9.17) is 28.9 Å². The predicted octanol–water partition coefficient (Wildman–Crippen LogP) is 4.44. The molecule has 176 valence electrons. The molecular formula is C25H25Cl2N5O2. The van der Waals surface area contributed by atoms with Gasteiger partial charge in [-0.25, -0.2) is 4.68 Å². The van der Waals surface area contributed by atoms with Crippen molar-refractivity contribution < 1.29 is 9.59 Å². The van der Waals surface area contributed by atoms with E-state index in [0.29, 0.717) is 27.0 Å². The number of halogens is 2. The molecule has 3 rings (SSSR count). The molecule has 9 heteroatoms. The van der Waals surface area contributed by atoms with Crippen LogP contribution in [-0.4, -0.2) is 33.7 Å². The molecule has 0 fully saturated rings. The van der Waals surface area contributed by atoms with Gasteiger partial charge in [-0.15, -0.1) is 0 Å². The molecule has 0 atom stereocenters. The number of nitrogens with two attached hydrogens (primary N) is 1. The van der Waals surface area contributed by atoms with Gasteiger partial charge in [-0.2, -0.15) is 5.10 Å². The van der Waals surface area contributed by atoms with Gasteiger partial charge in [-0.1, -0.05) is 47.2 Å². The Morgan fingerprint density at radius 2 is 1.79 bits per heavy atom. The lowest BCUT2D eigenvalue weighted by Gasteiger charge is -2.19. The number of hydrogen-bond donors (Lipinski definition) is 3. The average molecular weight is 498 g/mol. The third-order valence-corrected chi connectivity index (χ3v) is 5.13. The van der Waals surface area contributed by atoms with Gasteiger partial charge in [-0.3, -0.25) is 9.59 Å². The average Bonchev–Trinajstić information content (AvgIpc) is 3.07. The van der Waals surface area contributed by atoms with Crippen molar-refractivity contribution >= 4 is 40.7 Å². The van der Waals surface area contributed by atoms with Gasteiger partial charge < -0.3 is 16.4 Å². The minimum atomic E-state index is -0.469. The number of amides is 2. The zero-order valence-corrected chi connectivity index (χ0v) is 20.8. The topological polar surface area (TPSA) is 102 Å². The van der Waals surface area contributed by atoms with Crippen LogP contribution in [0, 0.1) is 11.8 Å². The summed E-state index contributed by atoms with van der Waals surface area (Å²) in [5.41, 5.74) is 8.72. The first-order valence-electron chi connectivity index (χ1n) is 10.5. The van der Waals surface area contributed by atoms with E-state index in [-0.39, 0.29) is 23.8 Å². The number of aromatic nitrogens is 2. The molecule has 0 unspecified atom stereocenters. The molecule has 34 heavy (non-hydrogen) atoms. The predicted molar refractivity (Wildman–Crippen MR) is 136 cm³/mol. The van der Waals surface area contributed by atoms with Gasteiger partial charge in [0, 0.05) is 28.6 Å². The Morgan fingerprint density at radius 3 is 2.38 bits per heavy atom. The Hall–Kier alpha value is -3.47. The molecule has 0 aliphatic rings. The van der Waals surface area contributed by atoms with Crippen molar-refractivity contribution in [2.75, 3.05) is 12.3 Å². The van der Waals surface area contributed by atoms with Gasteiger partial charge in [0.15, 0.2) is 5.69 Å². The molecule has 3 aromatic rings. The van der Waals surface area contributed by atoms with Crippen molar-refractivity contribution in [3.63, 3.8) is 0 Å². The third-order valence-electron chi connectivity index (χ3n) is 4.58. The number of nitrogens with zero attached hydrogens (tertiary/aromatic N) is 2. The summed E-state index contributed by atoms with van der Waals surface area (Å²) in [4.78, 5) is 23.9. The van der Waals surface area contributed by atoms with Gasteiger partial charge in [0.25, 0.3) is 5.91 Å². The van der Waals surface area contributed by atoms with Crippen molar-refractivity contribution in [2.24, 2.45) is 0 Å². The van der Waals surface area contributed by atoms with E-state index in [0.717, 1.165) is 5.56 Å². The minimum absolute atomic E-state index is 0.0927. The maximum atomic E-state index is 12.9. The maximum Gasteiger partial charge on any atom is 0.274 e. The highest BCUT2D eigenvalue weighted by Gasteiger charge is 2.26. The summed E-state index contributed by atoms with van der Waals surface area (Å²) < 4.78 is 1.55. The number of nitrogens with one attached hydrogen (secondary N) is 2. The Bertz CT molecular complexity index is 1300. The molecule has 1 aromatic heterocycles. The standard InChI is InChI=1S/C25H25Cl2N5O2/c1-15(33)29-13-5-6-16-7-12-20(19(27)14-16)32-23(17-8-10-18(26)11-9-17)21(28)22(31-32)24(34)30-25(2,3)4/h7-12,14H,13,28H2,1-4H3,(H,29,33)(H,30,34). The smallest absolute Gasteiger partial charge is 0.274 e. The molecule has 2 aromatic carbocycles. The summed E-state index contributed by atoms with van der Waals surface area (Å²) in [6.45, 7) is 7.29. The van der Waals surface area contributed by atoms with Gasteiger partial charge in [-0.05, 0) is 51.1 Å². The highest BCUT2D eigenvalue weighted by atomic mass is 35.5. The van der Waals surface area contributed by atoms with Crippen molar-refractivity contribution in [3.05, 3.63) is 63.8 Å². The normalized spacial score (nSPS) is 10.9. The number of nitrogen functional groups attached to an aromatic ring is 1. The number of anilines is 1. The van der Waals surface area contributed by atoms with Crippen LogP contribution in [0.3, 0.4) is 0 Å². The first-order valence-corrected chi connectivity index (χ1v) is 11.2. The monoisotopic (exact) mass is 497 g/mol. The largest absolute Gasteiger partial charge is 0.395 e. The molecule has 4 N–H and O–H groups in total. The van der Waals surface area contributed by atoms with E-state index in [1.165, 1.54) is 6.92 Å². The van der Waals surface area contributed by atoms with E-state index in [9.17, 15) is 9.59 Å². The maximum absolute atomic E-state index is 12.9. The fourth-order valence-corrected chi connectivity index (χ4v) is 3.52. The second-order valence-electron chi connectivity index (χ2n) is 8.61. The summed E-state index contributed by atoms with van der Waals surface area (Å²) in [7, 11) is 0. The van der Waals surface area contributed by atoms with Crippen LogP contribution in [0.4, 0.5) is 5.69 Å². The Labute approximate surface area is 208 Å². The van der Waals surface area contributed by atoms with Crippen molar-refractivity contribution in [2.45, 2.75) is 33.2 Å². The molecule has 0 aliphatic carbocycles. The SMILES string of the molecule is CC(=O)NCC#Cc1ccc(-n2nc(C(=O)NC(C)(C)C)c(N)c2-c2ccc(Cl)cc2)c(Cl)c1. The number of benzene rings is 2. The van der Waals surface area contributed by atoms with Gasteiger partial charge in [0.05, 0.1) is 28.6 Å². The quantitative estimate of drug-likeness (QED) is 0.463. The molecule has 0 bridgehead atoms. The van der Waals surface area contributed by atoms with Crippen molar-refractivity contribution in [3.8, 4) is 28.8 Å². The Kier molecular flexibility index (Phi) is 7.55. The minimum Gasteiger partial charge on any atom is -0.395 e. The highest BCUT2D eigenvalue weighted by molar-refractivity contribution is 6.32. The van der Waals surface area contributed by atoms with Crippen LogP contribution in [0.5, 0.6) is 0 Å². The van der Waals surface area contributed by atoms with Gasteiger partial charge in [0.2, 0.25) is 5.91 Å². The zero-order valence-electron chi connectivity index (χ0n) is 19.3. The fourth-order valence-electron chi connectivity index (χ4n) is 3.13. The summed E-state index contributed by atoms with van der Waals surface area (Å²) in [5.74, 6) is 5.27. The zero-order chi connectivity index (χ0) is 25.0. The van der Waals surface area contributed by atoms with E-state index >= 15 is 0 Å². The molecule has 1 heterocycles. The molecule has 2 amide bonds. The van der Waals surface area contributed by atoms with Crippen LogP contribution in [-0.2, 0) is 4.79 Å². The summed E-state index contributed by atoms with van der Waals surface area (Å²) in [6.07, 6.45) is 0. The fraction of sp³-hybridized carbons (Fsp3) is 0.240. The van der Waals surface area contributed by atoms with Crippen LogP contribution in [0.2, 0.25) is 10.0 Å².